The molecule has 178 valence electrons. The lowest BCUT2D eigenvalue weighted by Crippen LogP contribution is -2.11. The van der Waals surface area contributed by atoms with Gasteiger partial charge in [-0.1, -0.05) is 77.0 Å². The molecule has 0 aromatic heterocycles. The van der Waals surface area contributed by atoms with Crippen LogP contribution in [0.25, 0.3) is 0 Å². The lowest BCUT2D eigenvalue weighted by molar-refractivity contribution is -0.150. The number of alkyl halides is 2. The second kappa shape index (κ2) is 24.8. The molecule has 0 aromatic carbocycles. The summed E-state index contributed by atoms with van der Waals surface area (Å²) in [7, 11) is 0. The molecule has 0 saturated carbocycles. The first kappa shape index (κ1) is 29.5. The van der Waals surface area contributed by atoms with Gasteiger partial charge in [0.15, 0.2) is 0 Å². The fraction of sp³-hybridized carbons (Fsp3) is 0.917. The summed E-state index contributed by atoms with van der Waals surface area (Å²) in [5.41, 5.74) is 0. The van der Waals surface area contributed by atoms with E-state index in [2.05, 4.69) is 0 Å². The van der Waals surface area contributed by atoms with Gasteiger partial charge in [0.25, 0.3) is 0 Å². The lowest BCUT2D eigenvalue weighted by atomic mass is 10.1. The van der Waals surface area contributed by atoms with Crippen molar-refractivity contribution in [3.05, 3.63) is 0 Å². The minimum absolute atomic E-state index is 0.113. The molecule has 0 aromatic rings. The Morgan fingerprint density at radius 2 is 0.700 bits per heavy atom. The fourth-order valence-electron chi connectivity index (χ4n) is 3.23. The van der Waals surface area contributed by atoms with E-state index in [1.807, 2.05) is 0 Å². The van der Waals surface area contributed by atoms with E-state index in [9.17, 15) is 9.59 Å². The van der Waals surface area contributed by atoms with Crippen molar-refractivity contribution < 1.29 is 19.1 Å². The van der Waals surface area contributed by atoms with Crippen LogP contribution < -0.4 is 0 Å². The molecule has 0 fully saturated rings. The maximum atomic E-state index is 11.7. The normalized spacial score (nSPS) is 10.9. The van der Waals surface area contributed by atoms with Crippen molar-refractivity contribution in [1.82, 2.24) is 0 Å². The van der Waals surface area contributed by atoms with Gasteiger partial charge in [0.1, 0.15) is 0 Å². The van der Waals surface area contributed by atoms with Gasteiger partial charge >= 0.3 is 11.9 Å². The van der Waals surface area contributed by atoms with E-state index < -0.39 is 0 Å². The minimum Gasteiger partial charge on any atom is -0.466 e. The van der Waals surface area contributed by atoms with Crippen molar-refractivity contribution in [1.29, 1.82) is 0 Å². The number of unbranched alkanes of at least 4 members (excludes halogenated alkanes) is 14. The van der Waals surface area contributed by atoms with E-state index in [4.69, 9.17) is 32.7 Å². The molecule has 0 N–H and O–H groups in total. The number of halogens is 2. The first-order chi connectivity index (χ1) is 14.7. The van der Waals surface area contributed by atoms with Gasteiger partial charge in [-0.25, -0.2) is 0 Å². The Morgan fingerprint density at radius 3 is 1.00 bits per heavy atom. The van der Waals surface area contributed by atoms with Crippen molar-refractivity contribution in [2.75, 3.05) is 25.0 Å². The van der Waals surface area contributed by atoms with Crippen molar-refractivity contribution in [2.24, 2.45) is 0 Å². The summed E-state index contributed by atoms with van der Waals surface area (Å²) in [4.78, 5) is 23.4. The average Bonchev–Trinajstić information content (AvgIpc) is 2.75. The van der Waals surface area contributed by atoms with Crippen LogP contribution in [0.4, 0.5) is 0 Å². The van der Waals surface area contributed by atoms with Gasteiger partial charge in [-0.3, -0.25) is 9.59 Å². The Morgan fingerprint density at radius 1 is 0.433 bits per heavy atom. The zero-order chi connectivity index (χ0) is 22.1. The fourth-order valence-corrected chi connectivity index (χ4v) is 3.61. The number of carbonyl (C=O) groups is 2. The first-order valence-electron chi connectivity index (χ1n) is 12.1. The molecule has 0 amide bonds. The van der Waals surface area contributed by atoms with E-state index in [1.54, 1.807) is 0 Å². The van der Waals surface area contributed by atoms with Gasteiger partial charge < -0.3 is 9.47 Å². The van der Waals surface area contributed by atoms with E-state index in [0.717, 1.165) is 50.3 Å². The van der Waals surface area contributed by atoms with Crippen LogP contribution in [0.3, 0.4) is 0 Å². The van der Waals surface area contributed by atoms with Gasteiger partial charge in [0.2, 0.25) is 0 Å². The van der Waals surface area contributed by atoms with Crippen molar-refractivity contribution in [2.45, 2.75) is 116 Å². The number of carbonyl (C=O) groups excluding carboxylic acids is 2. The summed E-state index contributed by atoms with van der Waals surface area (Å²) in [5.74, 6) is 0.920. The summed E-state index contributed by atoms with van der Waals surface area (Å²) in [6, 6.07) is 0. The second-order valence-corrected chi connectivity index (χ2v) is 8.73. The van der Waals surface area contributed by atoms with E-state index in [0.29, 0.717) is 13.2 Å². The number of ether oxygens (including phenoxy) is 2. The molecular weight excluding hydrogens is 423 g/mol. The predicted molar refractivity (Wildman–Crippen MR) is 126 cm³/mol. The van der Waals surface area contributed by atoms with Gasteiger partial charge in [-0.15, -0.1) is 23.2 Å². The number of hydrogen-bond donors (Lipinski definition) is 0. The monoisotopic (exact) mass is 466 g/mol. The standard InChI is InChI=1S/C24H44Cl2O4/c25-19-13-9-5-1-3-7-11-15-21-29-23(27)17-18-24(28)30-22-16-12-8-4-2-6-10-14-20-26/h1-22H2. The zero-order valence-electron chi connectivity index (χ0n) is 18.9. The number of rotatable bonds is 23. The third kappa shape index (κ3) is 23.8. The maximum Gasteiger partial charge on any atom is 0.306 e. The average molecular weight is 468 g/mol. The van der Waals surface area contributed by atoms with Crippen LogP contribution in [0.15, 0.2) is 0 Å². The maximum absolute atomic E-state index is 11.7. The molecule has 4 nitrogen and oxygen atoms in total. The number of hydrogen-bond acceptors (Lipinski definition) is 4. The highest BCUT2D eigenvalue weighted by Crippen LogP contribution is 2.10. The Kier molecular flexibility index (Phi) is 24.4. The quantitative estimate of drug-likeness (QED) is 0.0883. The summed E-state index contributed by atoms with van der Waals surface area (Å²) in [6.45, 7) is 0.901. The lowest BCUT2D eigenvalue weighted by Gasteiger charge is -2.06. The van der Waals surface area contributed by atoms with Crippen LogP contribution in [-0.2, 0) is 19.1 Å². The molecular formula is C24H44Cl2O4. The van der Waals surface area contributed by atoms with Crippen molar-refractivity contribution >= 4 is 35.1 Å². The smallest absolute Gasteiger partial charge is 0.306 e. The summed E-state index contributed by atoms with van der Waals surface area (Å²) in [5, 5.41) is 0. The molecule has 0 aliphatic heterocycles. The largest absolute Gasteiger partial charge is 0.466 e. The summed E-state index contributed by atoms with van der Waals surface area (Å²) in [6.07, 6.45) is 18.7. The molecule has 0 atom stereocenters. The Bertz CT molecular complexity index is 355. The molecule has 0 bridgehead atoms. The van der Waals surface area contributed by atoms with Crippen LogP contribution in [0.1, 0.15) is 116 Å². The Balaban J connectivity index is 3.31. The zero-order valence-corrected chi connectivity index (χ0v) is 20.5. The molecule has 0 spiro atoms. The second-order valence-electron chi connectivity index (χ2n) is 7.98. The van der Waals surface area contributed by atoms with Crippen molar-refractivity contribution in [3.63, 3.8) is 0 Å². The van der Waals surface area contributed by atoms with E-state index >= 15 is 0 Å². The predicted octanol–water partition coefficient (Wildman–Crippen LogP) is 7.57. The van der Waals surface area contributed by atoms with Crippen LogP contribution in [0.5, 0.6) is 0 Å². The van der Waals surface area contributed by atoms with Gasteiger partial charge in [0, 0.05) is 11.8 Å². The summed E-state index contributed by atoms with van der Waals surface area (Å²) < 4.78 is 10.4. The topological polar surface area (TPSA) is 52.6 Å². The van der Waals surface area contributed by atoms with Gasteiger partial charge in [-0.05, 0) is 25.7 Å². The Labute approximate surface area is 194 Å². The molecule has 0 heterocycles. The highest BCUT2D eigenvalue weighted by atomic mass is 35.5. The first-order valence-corrected chi connectivity index (χ1v) is 13.2. The minimum atomic E-state index is -0.304. The third-order valence-corrected chi connectivity index (χ3v) is 5.65. The highest BCUT2D eigenvalue weighted by Gasteiger charge is 2.09. The van der Waals surface area contributed by atoms with Crippen LogP contribution >= 0.6 is 23.2 Å². The molecule has 0 aliphatic rings. The summed E-state index contributed by atoms with van der Waals surface area (Å²) >= 11 is 11.3. The Hall–Kier alpha value is -0.480. The molecule has 0 radical (unpaired) electrons. The molecule has 6 heteroatoms. The van der Waals surface area contributed by atoms with E-state index in [1.165, 1.54) is 64.2 Å². The van der Waals surface area contributed by atoms with Crippen molar-refractivity contribution in [3.8, 4) is 0 Å². The van der Waals surface area contributed by atoms with Crippen LogP contribution in [0.2, 0.25) is 0 Å². The third-order valence-electron chi connectivity index (χ3n) is 5.12. The number of esters is 2. The van der Waals surface area contributed by atoms with Gasteiger partial charge in [-0.2, -0.15) is 0 Å². The highest BCUT2D eigenvalue weighted by molar-refractivity contribution is 6.18. The van der Waals surface area contributed by atoms with Crippen LogP contribution in [0, 0.1) is 0 Å². The van der Waals surface area contributed by atoms with E-state index in [-0.39, 0.29) is 24.8 Å². The SMILES string of the molecule is O=C(CCC(=O)OCCCCCCCCCCCl)OCCCCCCCCCCCl. The molecule has 30 heavy (non-hydrogen) atoms. The molecule has 0 aliphatic carbocycles. The molecule has 0 rings (SSSR count). The molecule has 0 saturated heterocycles. The van der Waals surface area contributed by atoms with Gasteiger partial charge in [0.05, 0.1) is 26.1 Å². The van der Waals surface area contributed by atoms with Crippen LogP contribution in [-0.4, -0.2) is 36.9 Å². The molecule has 0 unspecified atom stereocenters.